The Balaban J connectivity index is 1.46. The zero-order valence-corrected chi connectivity index (χ0v) is 19.6. The average molecular weight is 485 g/mol. The molecule has 0 unspecified atom stereocenters. The topological polar surface area (TPSA) is 67.8 Å². The highest BCUT2D eigenvalue weighted by Crippen LogP contribution is 2.31. The molecule has 2 heterocycles. The van der Waals surface area contributed by atoms with Crippen LogP contribution in [0.4, 0.5) is 5.82 Å². The van der Waals surface area contributed by atoms with Gasteiger partial charge in [-0.2, -0.15) is 0 Å². The Bertz CT molecular complexity index is 980. The Morgan fingerprint density at radius 1 is 1.14 bits per heavy atom. The predicted octanol–water partition coefficient (Wildman–Crippen LogP) is 6.39. The number of anilines is 1. The molecule has 0 aliphatic heterocycles. The van der Waals surface area contributed by atoms with Gasteiger partial charge in [-0.1, -0.05) is 96.2 Å². The molecule has 1 aromatic carbocycles. The molecule has 2 aromatic heterocycles. The first-order chi connectivity index (χ1) is 13.9. The molecule has 0 bridgehead atoms. The first-order valence-electron chi connectivity index (χ1n) is 8.69. The predicted molar refractivity (Wildman–Crippen MR) is 124 cm³/mol. The number of benzene rings is 1. The lowest BCUT2D eigenvalue weighted by Gasteiger charge is -2.06. The zero-order valence-electron chi connectivity index (χ0n) is 15.7. The Morgan fingerprint density at radius 3 is 2.48 bits per heavy atom. The molecule has 1 amide bonds. The Labute approximate surface area is 192 Å². The SMILES string of the molecule is CC(C)c1ccc(CSc2nnc(SCC(=O)Nc3ncc(Cl)cc3Cl)s2)cc1. The maximum atomic E-state index is 12.1. The van der Waals surface area contributed by atoms with Crippen LogP contribution in [-0.2, 0) is 10.5 Å². The molecule has 3 aromatic rings. The van der Waals surface area contributed by atoms with Crippen LogP contribution in [0.1, 0.15) is 30.9 Å². The molecule has 0 radical (unpaired) electrons. The summed E-state index contributed by atoms with van der Waals surface area (Å²) in [7, 11) is 0. The van der Waals surface area contributed by atoms with Crippen molar-refractivity contribution in [3.63, 3.8) is 0 Å². The highest BCUT2D eigenvalue weighted by molar-refractivity contribution is 8.03. The van der Waals surface area contributed by atoms with Crippen molar-refractivity contribution in [2.45, 2.75) is 34.2 Å². The number of aromatic nitrogens is 3. The fourth-order valence-corrected chi connectivity index (χ4v) is 5.46. The molecule has 3 rings (SSSR count). The van der Waals surface area contributed by atoms with E-state index in [4.69, 9.17) is 23.2 Å². The minimum atomic E-state index is -0.221. The van der Waals surface area contributed by atoms with Gasteiger partial charge in [0.2, 0.25) is 5.91 Å². The average Bonchev–Trinajstić information content (AvgIpc) is 3.15. The second-order valence-corrected chi connectivity index (χ2v) is 10.6. The van der Waals surface area contributed by atoms with Crippen molar-refractivity contribution in [3.8, 4) is 0 Å². The number of halogens is 2. The van der Waals surface area contributed by atoms with Gasteiger partial charge >= 0.3 is 0 Å². The van der Waals surface area contributed by atoms with E-state index in [0.717, 1.165) is 14.4 Å². The summed E-state index contributed by atoms with van der Waals surface area (Å²) < 4.78 is 1.62. The first kappa shape index (κ1) is 22.4. The van der Waals surface area contributed by atoms with Crippen LogP contribution in [0, 0.1) is 0 Å². The monoisotopic (exact) mass is 484 g/mol. The summed E-state index contributed by atoms with van der Waals surface area (Å²) in [6.45, 7) is 4.37. The van der Waals surface area contributed by atoms with Crippen LogP contribution in [0.15, 0.2) is 45.2 Å². The van der Waals surface area contributed by atoms with Crippen molar-refractivity contribution in [1.82, 2.24) is 15.2 Å². The summed E-state index contributed by atoms with van der Waals surface area (Å²) in [5.74, 6) is 1.62. The van der Waals surface area contributed by atoms with Gasteiger partial charge in [0.05, 0.1) is 15.8 Å². The van der Waals surface area contributed by atoms with Gasteiger partial charge in [-0.05, 0) is 23.1 Å². The molecule has 10 heteroatoms. The van der Waals surface area contributed by atoms with Crippen molar-refractivity contribution in [2.75, 3.05) is 11.1 Å². The van der Waals surface area contributed by atoms with Gasteiger partial charge in [0.25, 0.3) is 0 Å². The van der Waals surface area contributed by atoms with Crippen molar-refractivity contribution >= 4 is 69.8 Å². The fourth-order valence-electron chi connectivity index (χ4n) is 2.26. The van der Waals surface area contributed by atoms with Gasteiger partial charge in [-0.3, -0.25) is 4.79 Å². The van der Waals surface area contributed by atoms with E-state index < -0.39 is 0 Å². The van der Waals surface area contributed by atoms with Crippen LogP contribution in [-0.4, -0.2) is 26.8 Å². The highest BCUT2D eigenvalue weighted by Gasteiger charge is 2.11. The molecule has 0 aliphatic rings. The minimum absolute atomic E-state index is 0.191. The number of hydrogen-bond donors (Lipinski definition) is 1. The van der Waals surface area contributed by atoms with E-state index in [2.05, 4.69) is 58.6 Å². The summed E-state index contributed by atoms with van der Waals surface area (Å²) >= 11 is 16.3. The van der Waals surface area contributed by atoms with Gasteiger partial charge < -0.3 is 5.32 Å². The van der Waals surface area contributed by atoms with E-state index in [1.54, 1.807) is 11.8 Å². The van der Waals surface area contributed by atoms with Crippen LogP contribution < -0.4 is 5.32 Å². The maximum Gasteiger partial charge on any atom is 0.236 e. The number of nitrogens with zero attached hydrogens (tertiary/aromatic N) is 3. The maximum absolute atomic E-state index is 12.1. The minimum Gasteiger partial charge on any atom is -0.309 e. The molecule has 0 spiro atoms. The normalized spacial score (nSPS) is 11.1. The van der Waals surface area contributed by atoms with Crippen LogP contribution in [0.5, 0.6) is 0 Å². The third kappa shape index (κ3) is 6.86. The molecule has 0 atom stereocenters. The fraction of sp³-hybridized carbons (Fsp3) is 0.263. The van der Waals surface area contributed by atoms with Gasteiger partial charge in [0, 0.05) is 11.9 Å². The zero-order chi connectivity index (χ0) is 20.8. The van der Waals surface area contributed by atoms with E-state index in [-0.39, 0.29) is 11.7 Å². The standard InChI is InChI=1S/C19H18Cl2N4OS3/c1-11(2)13-5-3-12(4-6-13)9-27-18-24-25-19(29-18)28-10-16(26)23-17-15(21)7-14(20)8-22-17/h3-8,11H,9-10H2,1-2H3,(H,22,23,26). The molecule has 0 saturated carbocycles. The molecule has 152 valence electrons. The van der Waals surface area contributed by atoms with Crippen LogP contribution in [0.2, 0.25) is 10.0 Å². The Kier molecular flexibility index (Phi) is 8.20. The van der Waals surface area contributed by atoms with Crippen LogP contribution >= 0.6 is 58.1 Å². The molecule has 0 fully saturated rings. The van der Waals surface area contributed by atoms with E-state index in [9.17, 15) is 4.79 Å². The Morgan fingerprint density at radius 2 is 1.83 bits per heavy atom. The molecule has 0 saturated heterocycles. The molecule has 5 nitrogen and oxygen atoms in total. The van der Waals surface area contributed by atoms with Crippen molar-refractivity contribution in [2.24, 2.45) is 0 Å². The smallest absolute Gasteiger partial charge is 0.236 e. The molecular formula is C19H18Cl2N4OS3. The third-order valence-corrected chi connectivity index (χ3v) is 7.54. The van der Waals surface area contributed by atoms with Gasteiger partial charge in [0.15, 0.2) is 14.5 Å². The highest BCUT2D eigenvalue weighted by atomic mass is 35.5. The van der Waals surface area contributed by atoms with E-state index in [0.29, 0.717) is 21.8 Å². The van der Waals surface area contributed by atoms with Crippen molar-refractivity contribution in [3.05, 3.63) is 57.7 Å². The summed E-state index contributed by atoms with van der Waals surface area (Å²) in [5.41, 5.74) is 2.58. The van der Waals surface area contributed by atoms with Crippen molar-refractivity contribution < 1.29 is 4.79 Å². The number of rotatable bonds is 8. The Hall–Kier alpha value is -1.32. The molecule has 0 aliphatic carbocycles. The molecule has 29 heavy (non-hydrogen) atoms. The number of thioether (sulfide) groups is 2. The van der Waals surface area contributed by atoms with Gasteiger partial charge in [-0.25, -0.2) is 4.98 Å². The number of hydrogen-bond acceptors (Lipinski definition) is 7. The van der Waals surface area contributed by atoms with Crippen LogP contribution in [0.25, 0.3) is 0 Å². The van der Waals surface area contributed by atoms with E-state index in [1.165, 1.54) is 46.5 Å². The number of amides is 1. The summed E-state index contributed by atoms with van der Waals surface area (Å²) in [5, 5.41) is 11.7. The summed E-state index contributed by atoms with van der Waals surface area (Å²) in [6.07, 6.45) is 1.43. The van der Waals surface area contributed by atoms with Gasteiger partial charge in [-0.15, -0.1) is 10.2 Å². The number of pyridine rings is 1. The molecular weight excluding hydrogens is 467 g/mol. The lowest BCUT2D eigenvalue weighted by molar-refractivity contribution is -0.113. The lowest BCUT2D eigenvalue weighted by atomic mass is 10.0. The van der Waals surface area contributed by atoms with E-state index >= 15 is 0 Å². The van der Waals surface area contributed by atoms with Crippen LogP contribution in [0.3, 0.4) is 0 Å². The van der Waals surface area contributed by atoms with Gasteiger partial charge in [0.1, 0.15) is 0 Å². The number of carbonyl (C=O) groups is 1. The second-order valence-electron chi connectivity index (χ2n) is 6.34. The van der Waals surface area contributed by atoms with E-state index in [1.807, 2.05) is 0 Å². The quantitative estimate of drug-likeness (QED) is 0.373. The largest absolute Gasteiger partial charge is 0.309 e. The molecule has 1 N–H and O–H groups in total. The number of carbonyl (C=O) groups excluding carboxylic acids is 1. The summed E-state index contributed by atoms with van der Waals surface area (Å²) in [4.78, 5) is 16.1. The summed E-state index contributed by atoms with van der Waals surface area (Å²) in [6, 6.07) is 10.2. The lowest BCUT2D eigenvalue weighted by Crippen LogP contribution is -2.15. The third-order valence-electron chi connectivity index (χ3n) is 3.79. The number of nitrogens with one attached hydrogen (secondary N) is 1. The second kappa shape index (κ2) is 10.6. The first-order valence-corrected chi connectivity index (χ1v) is 12.2. The van der Waals surface area contributed by atoms with Crippen molar-refractivity contribution in [1.29, 1.82) is 0 Å².